The van der Waals surface area contributed by atoms with E-state index in [1.807, 2.05) is 60.7 Å². The molecule has 0 spiro atoms. The van der Waals surface area contributed by atoms with Crippen LogP contribution in [0.5, 0.6) is 5.75 Å². The zero-order valence-electron chi connectivity index (χ0n) is 11.3. The molecule has 0 unspecified atom stereocenters. The normalized spacial score (nSPS) is 10.0. The topological polar surface area (TPSA) is 46.2 Å². The molecule has 0 bridgehead atoms. The third-order valence-corrected chi connectivity index (χ3v) is 3.10. The van der Waals surface area contributed by atoms with Gasteiger partial charge in [0.05, 0.1) is 0 Å². The maximum atomic E-state index is 8.76. The van der Waals surface area contributed by atoms with Crippen molar-refractivity contribution in [2.75, 3.05) is 0 Å². The molecule has 0 saturated carbocycles. The van der Waals surface area contributed by atoms with Gasteiger partial charge < -0.3 is 9.15 Å². The van der Waals surface area contributed by atoms with Crippen molar-refractivity contribution in [2.45, 2.75) is 6.61 Å². The molecule has 0 amide bonds. The van der Waals surface area contributed by atoms with E-state index in [0.29, 0.717) is 18.1 Å². The quantitative estimate of drug-likeness (QED) is 0.709. The molecule has 0 saturated heterocycles. The van der Waals surface area contributed by atoms with Gasteiger partial charge in [-0.15, -0.1) is 0 Å². The Balaban J connectivity index is 1.68. The van der Waals surface area contributed by atoms with Gasteiger partial charge in [0.25, 0.3) is 0 Å². The third-order valence-electron chi connectivity index (χ3n) is 3.10. The van der Waals surface area contributed by atoms with Crippen LogP contribution in [0.4, 0.5) is 0 Å². The average molecular weight is 275 g/mol. The summed E-state index contributed by atoms with van der Waals surface area (Å²) >= 11 is 0. The van der Waals surface area contributed by atoms with Crippen molar-refractivity contribution < 1.29 is 9.15 Å². The summed E-state index contributed by atoms with van der Waals surface area (Å²) in [6.07, 6.45) is 0. The molecule has 102 valence electrons. The Kier molecular flexibility index (Phi) is 3.70. The van der Waals surface area contributed by atoms with Crippen LogP contribution in [0.15, 0.2) is 71.1 Å². The molecule has 1 heterocycles. The molecule has 3 aromatic rings. The Labute approximate surface area is 123 Å². The van der Waals surface area contributed by atoms with Crippen LogP contribution in [0.2, 0.25) is 0 Å². The van der Waals surface area contributed by atoms with E-state index in [2.05, 4.69) is 0 Å². The first-order valence-corrected chi connectivity index (χ1v) is 6.62. The third kappa shape index (κ3) is 3.13. The van der Waals surface area contributed by atoms with E-state index < -0.39 is 0 Å². The van der Waals surface area contributed by atoms with Gasteiger partial charge in [-0.1, -0.05) is 30.3 Å². The average Bonchev–Trinajstić information content (AvgIpc) is 3.03. The Morgan fingerprint density at radius 2 is 1.67 bits per heavy atom. The molecular formula is C18H13NO2. The van der Waals surface area contributed by atoms with Gasteiger partial charge in [-0.05, 0) is 42.0 Å². The van der Waals surface area contributed by atoms with E-state index in [0.717, 1.165) is 16.9 Å². The zero-order valence-corrected chi connectivity index (χ0v) is 11.3. The van der Waals surface area contributed by atoms with Crippen LogP contribution in [-0.4, -0.2) is 0 Å². The van der Waals surface area contributed by atoms with Gasteiger partial charge in [-0.2, -0.15) is 5.26 Å². The molecule has 0 aliphatic carbocycles. The number of hydrogen-bond acceptors (Lipinski definition) is 3. The minimum Gasteiger partial charge on any atom is -0.489 e. The fraction of sp³-hybridized carbons (Fsp3) is 0.0556. The first-order valence-electron chi connectivity index (χ1n) is 6.62. The van der Waals surface area contributed by atoms with Gasteiger partial charge in [-0.3, -0.25) is 0 Å². The number of nitrogens with zero attached hydrogens (tertiary/aromatic N) is 1. The van der Waals surface area contributed by atoms with Crippen molar-refractivity contribution in [3.05, 3.63) is 78.1 Å². The molecule has 0 N–H and O–H groups in total. The Bertz CT molecular complexity index is 752. The zero-order chi connectivity index (χ0) is 14.5. The fourth-order valence-corrected chi connectivity index (χ4v) is 2.01. The molecule has 3 heteroatoms. The van der Waals surface area contributed by atoms with Crippen molar-refractivity contribution in [3.63, 3.8) is 0 Å². The number of rotatable bonds is 4. The summed E-state index contributed by atoms with van der Waals surface area (Å²) in [6.45, 7) is 0.541. The first-order chi connectivity index (χ1) is 10.3. The van der Waals surface area contributed by atoms with E-state index >= 15 is 0 Å². The maximum Gasteiger partial charge on any atom is 0.204 e. The van der Waals surface area contributed by atoms with E-state index in [-0.39, 0.29) is 0 Å². The highest BCUT2D eigenvalue weighted by atomic mass is 16.5. The molecule has 2 aromatic carbocycles. The fourth-order valence-electron chi connectivity index (χ4n) is 2.01. The molecule has 0 aliphatic heterocycles. The molecule has 1 aromatic heterocycles. The lowest BCUT2D eigenvalue weighted by molar-refractivity contribution is 0.306. The summed E-state index contributed by atoms with van der Waals surface area (Å²) in [6, 6.07) is 23.1. The number of ether oxygens (including phenoxy) is 1. The Morgan fingerprint density at radius 3 is 2.33 bits per heavy atom. The van der Waals surface area contributed by atoms with E-state index in [1.165, 1.54) is 0 Å². The predicted octanol–water partition coefficient (Wildman–Crippen LogP) is 4.40. The van der Waals surface area contributed by atoms with Crippen LogP contribution in [0.3, 0.4) is 0 Å². The summed E-state index contributed by atoms with van der Waals surface area (Å²) in [5, 5.41) is 8.76. The minimum absolute atomic E-state index is 0.314. The van der Waals surface area contributed by atoms with E-state index in [1.54, 1.807) is 12.1 Å². The van der Waals surface area contributed by atoms with Crippen LogP contribution < -0.4 is 4.74 Å². The molecular weight excluding hydrogens is 262 g/mol. The monoisotopic (exact) mass is 275 g/mol. The lowest BCUT2D eigenvalue weighted by atomic mass is 10.2. The Hall–Kier alpha value is -2.99. The minimum atomic E-state index is 0.314. The standard InChI is InChI=1S/C18H13NO2/c19-12-17-10-11-18(21-17)15-6-8-16(9-7-15)20-13-14-4-2-1-3-5-14/h1-11H,13H2. The summed E-state index contributed by atoms with van der Waals surface area (Å²) in [7, 11) is 0. The highest BCUT2D eigenvalue weighted by molar-refractivity contribution is 5.59. The molecule has 0 aliphatic rings. The lowest BCUT2D eigenvalue weighted by Gasteiger charge is -2.06. The van der Waals surface area contributed by atoms with Gasteiger partial charge in [0.1, 0.15) is 24.2 Å². The SMILES string of the molecule is N#Cc1ccc(-c2ccc(OCc3ccccc3)cc2)o1. The summed E-state index contributed by atoms with van der Waals surface area (Å²) in [4.78, 5) is 0. The second-order valence-electron chi connectivity index (χ2n) is 4.57. The molecule has 3 nitrogen and oxygen atoms in total. The van der Waals surface area contributed by atoms with Gasteiger partial charge >= 0.3 is 0 Å². The summed E-state index contributed by atoms with van der Waals surface area (Å²) in [5.41, 5.74) is 2.05. The second-order valence-corrected chi connectivity index (χ2v) is 4.57. The van der Waals surface area contributed by atoms with Crippen molar-refractivity contribution in [1.82, 2.24) is 0 Å². The number of furan rings is 1. The largest absolute Gasteiger partial charge is 0.489 e. The van der Waals surface area contributed by atoms with Crippen molar-refractivity contribution in [1.29, 1.82) is 5.26 Å². The second kappa shape index (κ2) is 5.98. The predicted molar refractivity (Wildman–Crippen MR) is 79.6 cm³/mol. The molecule has 0 fully saturated rings. The van der Waals surface area contributed by atoms with Crippen LogP contribution >= 0.6 is 0 Å². The van der Waals surface area contributed by atoms with Crippen LogP contribution in [0.25, 0.3) is 11.3 Å². The van der Waals surface area contributed by atoms with Crippen molar-refractivity contribution >= 4 is 0 Å². The lowest BCUT2D eigenvalue weighted by Crippen LogP contribution is -1.94. The van der Waals surface area contributed by atoms with Crippen LogP contribution in [0, 0.1) is 11.3 Å². The van der Waals surface area contributed by atoms with Gasteiger partial charge in [0, 0.05) is 5.56 Å². The Morgan fingerprint density at radius 1 is 0.905 bits per heavy atom. The van der Waals surface area contributed by atoms with Gasteiger partial charge in [0.2, 0.25) is 5.76 Å². The highest BCUT2D eigenvalue weighted by Gasteiger charge is 2.04. The summed E-state index contributed by atoms with van der Waals surface area (Å²) < 4.78 is 11.1. The molecule has 3 rings (SSSR count). The molecule has 21 heavy (non-hydrogen) atoms. The van der Waals surface area contributed by atoms with Gasteiger partial charge in [0.15, 0.2) is 0 Å². The smallest absolute Gasteiger partial charge is 0.204 e. The van der Waals surface area contributed by atoms with E-state index in [9.17, 15) is 0 Å². The number of hydrogen-bond donors (Lipinski definition) is 0. The van der Waals surface area contributed by atoms with Crippen molar-refractivity contribution in [2.24, 2.45) is 0 Å². The molecule has 0 atom stereocenters. The number of nitriles is 1. The summed E-state index contributed by atoms with van der Waals surface area (Å²) in [5.74, 6) is 1.80. The highest BCUT2D eigenvalue weighted by Crippen LogP contribution is 2.24. The van der Waals surface area contributed by atoms with Gasteiger partial charge in [-0.25, -0.2) is 0 Å². The van der Waals surface area contributed by atoms with Crippen LogP contribution in [0.1, 0.15) is 11.3 Å². The van der Waals surface area contributed by atoms with E-state index in [4.69, 9.17) is 14.4 Å². The van der Waals surface area contributed by atoms with Crippen LogP contribution in [-0.2, 0) is 6.61 Å². The maximum absolute atomic E-state index is 8.76. The molecule has 0 radical (unpaired) electrons. The first kappa shape index (κ1) is 13.0. The number of benzene rings is 2. The van der Waals surface area contributed by atoms with Crippen molar-refractivity contribution in [3.8, 4) is 23.1 Å².